The average molecular weight is 866 g/mol. The first-order valence-corrected chi connectivity index (χ1v) is 18.0. The molecular formula is C46H43IrN3S-2. The SMILES string of the molecule is CC(C)c1cccc(C(C)C)c1-n1c(-c2[c-]ccc3c2sc2ccccc23)nc2ccccc21.[2H]C([2H])([2H])c1cnc(-c2[c-]cccc2)cc1C([2H])(C)C.[Ir]. The first kappa shape index (κ1) is 31.3. The van der Waals surface area contributed by atoms with Gasteiger partial charge in [-0.25, -0.2) is 0 Å². The molecule has 0 aliphatic rings. The van der Waals surface area contributed by atoms with E-state index in [2.05, 4.69) is 128 Å². The van der Waals surface area contributed by atoms with Crippen LogP contribution in [0.3, 0.4) is 0 Å². The van der Waals surface area contributed by atoms with E-state index in [0.717, 1.165) is 28.0 Å². The smallest absolute Gasteiger partial charge is 0.0774 e. The van der Waals surface area contributed by atoms with Crippen LogP contribution in [0, 0.1) is 19.0 Å². The van der Waals surface area contributed by atoms with Crippen molar-refractivity contribution in [2.24, 2.45) is 0 Å². The van der Waals surface area contributed by atoms with Gasteiger partial charge in [0.15, 0.2) is 0 Å². The van der Waals surface area contributed by atoms with Crippen LogP contribution in [0.2, 0.25) is 0 Å². The summed E-state index contributed by atoms with van der Waals surface area (Å²) < 4.78 is 35.8. The molecule has 0 aliphatic carbocycles. The van der Waals surface area contributed by atoms with E-state index in [4.69, 9.17) is 10.5 Å². The van der Waals surface area contributed by atoms with Crippen molar-refractivity contribution in [3.63, 3.8) is 0 Å². The number of hydrogen-bond donors (Lipinski definition) is 0. The molecule has 0 bridgehead atoms. The Hall–Kier alpha value is -4.41. The van der Waals surface area contributed by atoms with Gasteiger partial charge in [0.2, 0.25) is 0 Å². The first-order valence-electron chi connectivity index (χ1n) is 19.1. The number of para-hydroxylation sites is 3. The molecular weight excluding hydrogens is 819 g/mol. The second-order valence-corrected chi connectivity index (χ2v) is 14.5. The fourth-order valence-corrected chi connectivity index (χ4v) is 7.81. The van der Waals surface area contributed by atoms with Gasteiger partial charge in [0.05, 0.1) is 16.9 Å². The summed E-state index contributed by atoms with van der Waals surface area (Å²) >= 11 is 1.83. The Bertz CT molecular complexity index is 2570. The zero-order valence-electron chi connectivity index (χ0n) is 33.7. The monoisotopic (exact) mass is 866 g/mol. The van der Waals surface area contributed by atoms with Gasteiger partial charge in [0.1, 0.15) is 0 Å². The number of rotatable bonds is 6. The summed E-state index contributed by atoms with van der Waals surface area (Å²) in [5, 5.41) is 2.57. The van der Waals surface area contributed by atoms with Crippen LogP contribution in [-0.4, -0.2) is 14.5 Å². The number of benzene rings is 5. The van der Waals surface area contributed by atoms with Crippen LogP contribution in [-0.2, 0) is 20.1 Å². The van der Waals surface area contributed by atoms with Crippen LogP contribution in [0.5, 0.6) is 0 Å². The minimum Gasteiger partial charge on any atom is -0.333 e. The van der Waals surface area contributed by atoms with Crippen molar-refractivity contribution in [2.75, 3.05) is 0 Å². The quantitative estimate of drug-likeness (QED) is 0.156. The Kier molecular flexibility index (Phi) is 9.49. The van der Waals surface area contributed by atoms with E-state index in [-0.39, 0.29) is 25.7 Å². The maximum absolute atomic E-state index is 8.16. The molecule has 0 fully saturated rings. The summed E-state index contributed by atoms with van der Waals surface area (Å²) in [4.78, 5) is 9.43. The van der Waals surface area contributed by atoms with Gasteiger partial charge >= 0.3 is 0 Å². The minimum absolute atomic E-state index is 0. The van der Waals surface area contributed by atoms with Crippen molar-refractivity contribution in [1.82, 2.24) is 14.5 Å². The Labute approximate surface area is 325 Å². The molecule has 3 nitrogen and oxygen atoms in total. The van der Waals surface area contributed by atoms with Gasteiger partial charge in [0, 0.05) is 42.2 Å². The number of imidazole rings is 1. The van der Waals surface area contributed by atoms with Crippen molar-refractivity contribution in [2.45, 2.75) is 66.1 Å². The summed E-state index contributed by atoms with van der Waals surface area (Å²) in [6.45, 7) is 10.2. The minimum atomic E-state index is -2.26. The standard InChI is InChI=1S/C31H27N2S.C15H16N.Ir/c1-19(2)21-12-9-13-22(20(3)4)29(21)33-27-17-7-6-16-26(27)32-31(33)25-15-10-14-24-23-11-5-8-18-28(23)34-30(24)25;1-11(2)14-9-15(16-10-12(14)3)13-7-5-4-6-8-13;/h5-14,16-20H,1-4H3;4-7,9-11H,1-3H3;/q2*-1;/i;3D3,11D;. The van der Waals surface area contributed by atoms with Crippen LogP contribution >= 0.6 is 11.3 Å². The van der Waals surface area contributed by atoms with E-state index >= 15 is 0 Å². The fourth-order valence-electron chi connectivity index (χ4n) is 6.62. The van der Waals surface area contributed by atoms with Gasteiger partial charge in [-0.05, 0) is 80.8 Å². The van der Waals surface area contributed by atoms with Gasteiger partial charge in [-0.15, -0.1) is 54.1 Å². The van der Waals surface area contributed by atoms with E-state index in [1.54, 1.807) is 26.0 Å². The van der Waals surface area contributed by atoms with E-state index in [1.807, 2.05) is 29.5 Å². The second kappa shape index (κ2) is 15.5. The molecule has 1 radical (unpaired) electrons. The van der Waals surface area contributed by atoms with Gasteiger partial charge in [0.25, 0.3) is 0 Å². The molecule has 5 heteroatoms. The first-order chi connectivity index (χ1) is 25.7. The number of thiophene rings is 1. The number of aromatic nitrogens is 3. The van der Waals surface area contributed by atoms with Gasteiger partial charge in [-0.1, -0.05) is 107 Å². The molecule has 259 valence electrons. The number of pyridine rings is 1. The van der Waals surface area contributed by atoms with Crippen LogP contribution in [0.1, 0.15) is 87.0 Å². The summed E-state index contributed by atoms with van der Waals surface area (Å²) in [5.41, 5.74) is 9.21. The molecule has 0 spiro atoms. The summed E-state index contributed by atoms with van der Waals surface area (Å²) in [6.07, 6.45) is 1.36. The molecule has 0 aliphatic heterocycles. The third-order valence-electron chi connectivity index (χ3n) is 9.12. The molecule has 0 unspecified atom stereocenters. The van der Waals surface area contributed by atoms with E-state index in [1.165, 1.54) is 43.2 Å². The maximum Gasteiger partial charge on any atom is 0.0774 e. The molecule has 5 aromatic carbocycles. The molecule has 3 heterocycles. The molecule has 8 rings (SSSR count). The van der Waals surface area contributed by atoms with Crippen LogP contribution in [0.25, 0.3) is 59.5 Å². The molecule has 0 saturated carbocycles. The zero-order valence-corrected chi connectivity index (χ0v) is 32.9. The molecule has 51 heavy (non-hydrogen) atoms. The van der Waals surface area contributed by atoms with Gasteiger partial charge < -0.3 is 9.55 Å². The van der Waals surface area contributed by atoms with Gasteiger partial charge in [-0.3, -0.25) is 4.98 Å². The van der Waals surface area contributed by atoms with Crippen LogP contribution < -0.4 is 0 Å². The topological polar surface area (TPSA) is 30.7 Å². The Balaban J connectivity index is 0.000000211. The van der Waals surface area contributed by atoms with Crippen LogP contribution in [0.15, 0.2) is 115 Å². The summed E-state index contributed by atoms with van der Waals surface area (Å²) in [5.74, 6) is 0.753. The largest absolute Gasteiger partial charge is 0.333 e. The van der Waals surface area contributed by atoms with E-state index in [0.29, 0.717) is 23.1 Å². The Morgan fingerprint density at radius 3 is 2.18 bits per heavy atom. The van der Waals surface area contributed by atoms with Gasteiger partial charge in [-0.2, -0.15) is 11.3 Å². The molecule has 0 saturated heterocycles. The van der Waals surface area contributed by atoms with Crippen LogP contribution in [0.4, 0.5) is 0 Å². The molecule has 0 N–H and O–H groups in total. The van der Waals surface area contributed by atoms with Crippen molar-refractivity contribution < 1.29 is 25.6 Å². The molecule has 3 aromatic heterocycles. The molecule has 0 atom stereocenters. The average Bonchev–Trinajstić information content (AvgIpc) is 3.73. The maximum atomic E-state index is 8.16. The van der Waals surface area contributed by atoms with Crippen molar-refractivity contribution in [3.05, 3.63) is 150 Å². The number of nitrogens with zero attached hydrogens (tertiary/aromatic N) is 3. The number of hydrogen-bond acceptors (Lipinski definition) is 3. The Morgan fingerprint density at radius 1 is 0.745 bits per heavy atom. The third kappa shape index (κ3) is 7.08. The zero-order chi connectivity index (χ0) is 38.4. The van der Waals surface area contributed by atoms with Crippen molar-refractivity contribution in [1.29, 1.82) is 0 Å². The predicted octanol–water partition coefficient (Wildman–Crippen LogP) is 13.1. The second-order valence-electron chi connectivity index (χ2n) is 13.4. The van der Waals surface area contributed by atoms with E-state index in [9.17, 15) is 0 Å². The number of aryl methyl sites for hydroxylation is 1. The fraction of sp³-hybridized carbons (Fsp3) is 0.217. The summed E-state index contributed by atoms with van der Waals surface area (Å²) in [7, 11) is 0. The Morgan fingerprint density at radius 2 is 1.47 bits per heavy atom. The van der Waals surface area contributed by atoms with E-state index < -0.39 is 12.7 Å². The number of fused-ring (bicyclic) bond motifs is 4. The summed E-state index contributed by atoms with van der Waals surface area (Å²) in [6, 6.07) is 43.8. The predicted molar refractivity (Wildman–Crippen MR) is 214 cm³/mol. The molecule has 8 aromatic rings. The third-order valence-corrected chi connectivity index (χ3v) is 10.3. The normalized spacial score (nSPS) is 13.0. The van der Waals surface area contributed by atoms with Crippen molar-refractivity contribution >= 4 is 42.5 Å². The van der Waals surface area contributed by atoms with Crippen molar-refractivity contribution in [3.8, 4) is 28.3 Å². The molecule has 0 amide bonds.